The monoisotopic (exact) mass is 353 g/mol. The molecule has 0 aliphatic heterocycles. The zero-order chi connectivity index (χ0) is 18.8. The van der Waals surface area contributed by atoms with Gasteiger partial charge in [0.25, 0.3) is 0 Å². The van der Waals surface area contributed by atoms with E-state index in [0.29, 0.717) is 12.8 Å². The van der Waals surface area contributed by atoms with Gasteiger partial charge in [-0.05, 0) is 54.2 Å². The molecule has 136 valence electrons. The van der Waals surface area contributed by atoms with Crippen LogP contribution in [0.1, 0.15) is 29.5 Å². The van der Waals surface area contributed by atoms with Crippen LogP contribution in [0, 0.1) is 0 Å². The summed E-state index contributed by atoms with van der Waals surface area (Å²) < 4.78 is 0. The second-order valence-corrected chi connectivity index (χ2v) is 5.99. The summed E-state index contributed by atoms with van der Waals surface area (Å²) >= 11 is 0. The van der Waals surface area contributed by atoms with Gasteiger partial charge in [-0.25, -0.2) is 4.79 Å². The molecule has 1 amide bonds. The lowest BCUT2D eigenvalue weighted by Gasteiger charge is -2.07. The maximum atomic E-state index is 12.0. The molecule has 0 bridgehead atoms. The van der Waals surface area contributed by atoms with Gasteiger partial charge in [-0.2, -0.15) is 0 Å². The Bertz CT molecular complexity index is 749. The number of nitrogens with one attached hydrogen (secondary N) is 1. The predicted molar refractivity (Wildman–Crippen MR) is 102 cm³/mol. The Kier molecular flexibility index (Phi) is 7.58. The predicted octanol–water partition coefficient (Wildman–Crippen LogP) is 3.28. The Labute approximate surface area is 153 Å². The summed E-state index contributed by atoms with van der Waals surface area (Å²) in [7, 11) is 0. The van der Waals surface area contributed by atoms with Crippen molar-refractivity contribution in [2.75, 3.05) is 11.9 Å². The Morgan fingerprint density at radius 1 is 0.923 bits per heavy atom. The normalized spacial score (nSPS) is 10.8. The molecule has 0 saturated carbocycles. The quantitative estimate of drug-likeness (QED) is 0.604. The minimum absolute atomic E-state index is 0.0269. The molecule has 0 aromatic heterocycles. The Morgan fingerprint density at radius 2 is 1.54 bits per heavy atom. The highest BCUT2D eigenvalue weighted by molar-refractivity contribution is 5.90. The highest BCUT2D eigenvalue weighted by Gasteiger charge is 2.03. The first-order chi connectivity index (χ1) is 12.6. The van der Waals surface area contributed by atoms with Gasteiger partial charge in [0.15, 0.2) is 0 Å². The van der Waals surface area contributed by atoms with E-state index in [4.69, 9.17) is 10.2 Å². The molecule has 3 N–H and O–H groups in total. The van der Waals surface area contributed by atoms with Crippen LogP contribution in [0.3, 0.4) is 0 Å². The largest absolute Gasteiger partial charge is 0.478 e. The molecule has 0 heterocycles. The molecule has 0 aliphatic carbocycles. The second kappa shape index (κ2) is 10.2. The smallest absolute Gasteiger partial charge is 0.328 e. The zero-order valence-electron chi connectivity index (χ0n) is 14.5. The third-order valence-corrected chi connectivity index (χ3v) is 3.91. The summed E-state index contributed by atoms with van der Waals surface area (Å²) in [4.78, 5) is 22.5. The number of benzene rings is 2. The highest BCUT2D eigenvalue weighted by Crippen LogP contribution is 2.12. The van der Waals surface area contributed by atoms with Crippen LogP contribution in [0.4, 0.5) is 5.69 Å². The minimum atomic E-state index is -0.969. The van der Waals surface area contributed by atoms with E-state index in [0.717, 1.165) is 41.3 Å². The maximum absolute atomic E-state index is 12.0. The number of rotatable bonds is 9. The van der Waals surface area contributed by atoms with E-state index in [2.05, 4.69) is 5.32 Å². The number of hydrogen-bond acceptors (Lipinski definition) is 3. The minimum Gasteiger partial charge on any atom is -0.478 e. The Balaban J connectivity index is 1.74. The summed E-state index contributed by atoms with van der Waals surface area (Å²) in [6, 6.07) is 15.1. The van der Waals surface area contributed by atoms with Gasteiger partial charge in [-0.1, -0.05) is 36.4 Å². The average Bonchev–Trinajstić information content (AvgIpc) is 2.63. The fourth-order valence-corrected chi connectivity index (χ4v) is 2.52. The molecule has 26 heavy (non-hydrogen) atoms. The van der Waals surface area contributed by atoms with Crippen molar-refractivity contribution in [3.05, 3.63) is 71.3 Å². The lowest BCUT2D eigenvalue weighted by molar-refractivity contribution is -0.131. The van der Waals surface area contributed by atoms with Crippen LogP contribution in [-0.4, -0.2) is 28.7 Å². The van der Waals surface area contributed by atoms with Crippen LogP contribution in [0.5, 0.6) is 0 Å². The van der Waals surface area contributed by atoms with Crippen LogP contribution in [0.25, 0.3) is 6.08 Å². The number of carboxylic acid groups (broad SMARTS) is 1. The molecule has 0 radical (unpaired) electrons. The first-order valence-corrected chi connectivity index (χ1v) is 8.56. The van der Waals surface area contributed by atoms with Crippen LogP contribution < -0.4 is 5.32 Å². The maximum Gasteiger partial charge on any atom is 0.328 e. The van der Waals surface area contributed by atoms with Crippen LogP contribution in [0.15, 0.2) is 54.6 Å². The van der Waals surface area contributed by atoms with Gasteiger partial charge in [0.2, 0.25) is 5.91 Å². The lowest BCUT2D eigenvalue weighted by atomic mass is 10.1. The summed E-state index contributed by atoms with van der Waals surface area (Å²) in [5, 5.41) is 20.4. The molecular formula is C21H23NO4. The summed E-state index contributed by atoms with van der Waals surface area (Å²) in [6.45, 7) is 0.114. The van der Waals surface area contributed by atoms with Crippen molar-refractivity contribution >= 4 is 23.6 Å². The van der Waals surface area contributed by atoms with Gasteiger partial charge < -0.3 is 15.5 Å². The van der Waals surface area contributed by atoms with E-state index in [9.17, 15) is 9.59 Å². The molecule has 2 aromatic rings. The number of aliphatic hydroxyl groups excluding tert-OH is 1. The van der Waals surface area contributed by atoms with Crippen LogP contribution in [-0.2, 0) is 22.4 Å². The molecule has 0 fully saturated rings. The van der Waals surface area contributed by atoms with Crippen LogP contribution in [0.2, 0.25) is 0 Å². The molecule has 0 saturated heterocycles. The molecule has 2 aromatic carbocycles. The van der Waals surface area contributed by atoms with E-state index < -0.39 is 5.97 Å². The van der Waals surface area contributed by atoms with E-state index in [1.807, 2.05) is 48.5 Å². The number of hydrogen-bond donors (Lipinski definition) is 3. The first kappa shape index (κ1) is 19.4. The average molecular weight is 353 g/mol. The fraction of sp³-hybridized carbons (Fsp3) is 0.238. The fourth-order valence-electron chi connectivity index (χ4n) is 2.52. The van der Waals surface area contributed by atoms with Gasteiger partial charge in [-0.3, -0.25) is 4.79 Å². The van der Waals surface area contributed by atoms with Gasteiger partial charge in [-0.15, -0.1) is 0 Å². The van der Waals surface area contributed by atoms with E-state index in [1.54, 1.807) is 6.08 Å². The lowest BCUT2D eigenvalue weighted by Crippen LogP contribution is -2.11. The number of carbonyl (C=O) groups is 2. The van der Waals surface area contributed by atoms with Crippen molar-refractivity contribution in [3.63, 3.8) is 0 Å². The van der Waals surface area contributed by atoms with Crippen molar-refractivity contribution in [3.8, 4) is 0 Å². The molecule has 0 aliphatic rings. The van der Waals surface area contributed by atoms with Crippen molar-refractivity contribution in [1.82, 2.24) is 0 Å². The van der Waals surface area contributed by atoms with Gasteiger partial charge in [0, 0.05) is 24.8 Å². The van der Waals surface area contributed by atoms with E-state index >= 15 is 0 Å². The SMILES string of the molecule is O=C(O)C=Cc1ccc(CCCC(=O)Nc2ccc(CCO)cc2)cc1. The number of amides is 1. The van der Waals surface area contributed by atoms with Crippen LogP contribution >= 0.6 is 0 Å². The number of carbonyl (C=O) groups excluding carboxylic acids is 1. The summed E-state index contributed by atoms with van der Waals surface area (Å²) in [5.41, 5.74) is 3.73. The van der Waals surface area contributed by atoms with Crippen molar-refractivity contribution < 1.29 is 19.8 Å². The highest BCUT2D eigenvalue weighted by atomic mass is 16.4. The third kappa shape index (κ3) is 6.91. The van der Waals surface area contributed by atoms with Crippen molar-refractivity contribution in [2.24, 2.45) is 0 Å². The Morgan fingerprint density at radius 3 is 2.15 bits per heavy atom. The number of carboxylic acids is 1. The number of anilines is 1. The van der Waals surface area contributed by atoms with Gasteiger partial charge in [0.05, 0.1) is 0 Å². The van der Waals surface area contributed by atoms with Gasteiger partial charge in [0.1, 0.15) is 0 Å². The Hall–Kier alpha value is -2.92. The molecule has 5 heteroatoms. The van der Waals surface area contributed by atoms with E-state index in [-0.39, 0.29) is 12.5 Å². The third-order valence-electron chi connectivity index (χ3n) is 3.91. The number of aliphatic hydroxyl groups is 1. The number of aliphatic carboxylic acids is 1. The molecule has 5 nitrogen and oxygen atoms in total. The van der Waals surface area contributed by atoms with Crippen molar-refractivity contribution in [2.45, 2.75) is 25.7 Å². The molecular weight excluding hydrogens is 330 g/mol. The second-order valence-electron chi connectivity index (χ2n) is 5.99. The topological polar surface area (TPSA) is 86.6 Å². The molecule has 2 rings (SSSR count). The molecule has 0 spiro atoms. The summed E-state index contributed by atoms with van der Waals surface area (Å²) in [5.74, 6) is -0.996. The van der Waals surface area contributed by atoms with Crippen molar-refractivity contribution in [1.29, 1.82) is 0 Å². The number of aryl methyl sites for hydroxylation is 1. The summed E-state index contributed by atoms with van der Waals surface area (Å²) in [6.07, 6.45) is 5.21. The zero-order valence-corrected chi connectivity index (χ0v) is 14.5. The van der Waals surface area contributed by atoms with E-state index in [1.165, 1.54) is 0 Å². The van der Waals surface area contributed by atoms with Gasteiger partial charge >= 0.3 is 5.97 Å². The first-order valence-electron chi connectivity index (χ1n) is 8.56. The molecule has 0 atom stereocenters. The standard InChI is InChI=1S/C21H23NO4/c23-15-14-18-8-11-19(12-9-18)22-20(24)3-1-2-16-4-6-17(7-5-16)10-13-21(25)26/h4-13,23H,1-3,14-15H2,(H,22,24)(H,25,26). The molecule has 0 unspecified atom stereocenters.